The number of pyridine rings is 1. The number of rotatable bonds is 4. The molecule has 5 nitrogen and oxygen atoms in total. The van der Waals surface area contributed by atoms with E-state index in [0.717, 1.165) is 22.4 Å². The van der Waals surface area contributed by atoms with Gasteiger partial charge in [0.25, 0.3) is 0 Å². The van der Waals surface area contributed by atoms with Crippen molar-refractivity contribution in [3.63, 3.8) is 0 Å². The van der Waals surface area contributed by atoms with E-state index in [1.807, 2.05) is 42.5 Å². The summed E-state index contributed by atoms with van der Waals surface area (Å²) in [6, 6.07) is 15.2. The smallest absolute Gasteiger partial charge is 0.219 e. The minimum Gasteiger partial charge on any atom is -0.486 e. The number of hydrogen-bond donors (Lipinski definition) is 1. The van der Waals surface area contributed by atoms with E-state index in [-0.39, 0.29) is 6.61 Å². The second kappa shape index (κ2) is 7.47. The first-order valence-corrected chi connectivity index (χ1v) is 8.92. The zero-order chi connectivity index (χ0) is 18.8. The molecule has 0 atom stereocenters. The number of fused-ring (bicyclic) bond motifs is 1. The largest absolute Gasteiger partial charge is 0.486 e. The first-order chi connectivity index (χ1) is 13.2. The summed E-state index contributed by atoms with van der Waals surface area (Å²) in [5, 5.41) is 9.97. The molecule has 6 heteroatoms. The van der Waals surface area contributed by atoms with Crippen molar-refractivity contribution in [1.82, 2.24) is 4.98 Å². The van der Waals surface area contributed by atoms with Gasteiger partial charge in [-0.05, 0) is 29.8 Å². The molecule has 1 aliphatic rings. The Balaban J connectivity index is 1.78. The third-order valence-electron chi connectivity index (χ3n) is 4.43. The van der Waals surface area contributed by atoms with Crippen molar-refractivity contribution in [3.8, 4) is 39.8 Å². The van der Waals surface area contributed by atoms with Gasteiger partial charge in [-0.3, -0.25) is 0 Å². The Bertz CT molecular complexity index is 932. The highest BCUT2D eigenvalue weighted by molar-refractivity contribution is 6.36. The van der Waals surface area contributed by atoms with Gasteiger partial charge in [0.05, 0.1) is 24.4 Å². The van der Waals surface area contributed by atoms with Crippen molar-refractivity contribution in [2.75, 3.05) is 20.3 Å². The first-order valence-electron chi connectivity index (χ1n) is 8.55. The summed E-state index contributed by atoms with van der Waals surface area (Å²) < 4.78 is 16.5. The molecule has 138 valence electrons. The van der Waals surface area contributed by atoms with Crippen LogP contribution in [0.25, 0.3) is 22.4 Å². The quantitative estimate of drug-likeness (QED) is 0.726. The number of benzene rings is 2. The fourth-order valence-electron chi connectivity index (χ4n) is 3.08. The molecule has 2 heterocycles. The van der Waals surface area contributed by atoms with Crippen LogP contribution in [0.2, 0.25) is 5.02 Å². The minimum absolute atomic E-state index is 0.137. The lowest BCUT2D eigenvalue weighted by Gasteiger charge is -2.19. The molecule has 0 fully saturated rings. The molecule has 0 spiro atoms. The van der Waals surface area contributed by atoms with Crippen LogP contribution >= 0.6 is 11.6 Å². The fourth-order valence-corrected chi connectivity index (χ4v) is 3.41. The topological polar surface area (TPSA) is 60.8 Å². The highest BCUT2D eigenvalue weighted by Gasteiger charge is 2.16. The van der Waals surface area contributed by atoms with E-state index in [4.69, 9.17) is 25.8 Å². The second-order valence-electron chi connectivity index (χ2n) is 6.05. The van der Waals surface area contributed by atoms with E-state index < -0.39 is 0 Å². The number of aromatic nitrogens is 1. The number of aliphatic hydroxyl groups excluding tert-OH is 1. The van der Waals surface area contributed by atoms with Crippen molar-refractivity contribution in [3.05, 3.63) is 59.1 Å². The molecule has 1 aliphatic heterocycles. The second-order valence-corrected chi connectivity index (χ2v) is 6.43. The Morgan fingerprint density at radius 1 is 1.04 bits per heavy atom. The number of ether oxygens (including phenoxy) is 3. The molecule has 0 aliphatic carbocycles. The van der Waals surface area contributed by atoms with Crippen LogP contribution < -0.4 is 14.2 Å². The van der Waals surface area contributed by atoms with Crippen LogP contribution in [0.15, 0.2) is 48.5 Å². The summed E-state index contributed by atoms with van der Waals surface area (Å²) in [5.74, 6) is 1.84. The molecule has 0 unspecified atom stereocenters. The van der Waals surface area contributed by atoms with Crippen LogP contribution in [0.3, 0.4) is 0 Å². The minimum atomic E-state index is -0.137. The number of methoxy groups -OCH3 is 1. The Labute approximate surface area is 162 Å². The Hall–Kier alpha value is -2.76. The number of aliphatic hydroxyl groups is 1. The van der Waals surface area contributed by atoms with Gasteiger partial charge >= 0.3 is 0 Å². The summed E-state index contributed by atoms with van der Waals surface area (Å²) in [6.45, 7) is 0.951. The third kappa shape index (κ3) is 3.31. The van der Waals surface area contributed by atoms with Gasteiger partial charge in [0.15, 0.2) is 11.5 Å². The predicted octanol–water partition coefficient (Wildman–Crippen LogP) is 4.34. The van der Waals surface area contributed by atoms with E-state index in [2.05, 4.69) is 4.98 Å². The average molecular weight is 384 g/mol. The highest BCUT2D eigenvalue weighted by Crippen LogP contribution is 2.40. The molecule has 0 bridgehead atoms. The van der Waals surface area contributed by atoms with Crippen LogP contribution in [0, 0.1) is 0 Å². The number of hydrogen-bond acceptors (Lipinski definition) is 5. The van der Waals surface area contributed by atoms with Crippen molar-refractivity contribution in [2.45, 2.75) is 6.61 Å². The zero-order valence-corrected chi connectivity index (χ0v) is 15.5. The molecule has 0 saturated heterocycles. The lowest BCUT2D eigenvalue weighted by Crippen LogP contribution is -2.15. The van der Waals surface area contributed by atoms with Crippen LogP contribution in [0.4, 0.5) is 0 Å². The van der Waals surface area contributed by atoms with Gasteiger partial charge in [-0.1, -0.05) is 35.9 Å². The Morgan fingerprint density at radius 2 is 1.81 bits per heavy atom. The van der Waals surface area contributed by atoms with Gasteiger partial charge in [-0.2, -0.15) is 0 Å². The molecule has 0 amide bonds. The summed E-state index contributed by atoms with van der Waals surface area (Å²) in [7, 11) is 1.53. The molecule has 1 N–H and O–H groups in total. The van der Waals surface area contributed by atoms with Gasteiger partial charge in [-0.25, -0.2) is 4.98 Å². The third-order valence-corrected chi connectivity index (χ3v) is 4.84. The van der Waals surface area contributed by atoms with Crippen molar-refractivity contribution in [1.29, 1.82) is 0 Å². The van der Waals surface area contributed by atoms with Crippen molar-refractivity contribution in [2.24, 2.45) is 0 Å². The van der Waals surface area contributed by atoms with Gasteiger partial charge < -0.3 is 19.3 Å². The van der Waals surface area contributed by atoms with Gasteiger partial charge in [-0.15, -0.1) is 0 Å². The average Bonchev–Trinajstić information content (AvgIpc) is 2.73. The zero-order valence-electron chi connectivity index (χ0n) is 14.7. The number of nitrogens with zero attached hydrogens (tertiary/aromatic N) is 1. The van der Waals surface area contributed by atoms with Crippen LogP contribution in [-0.2, 0) is 6.61 Å². The van der Waals surface area contributed by atoms with Crippen molar-refractivity contribution >= 4 is 11.6 Å². The SMILES string of the molecule is COc1nc(-c2cccc(-c3ccc4c(c3)OCCO4)c2Cl)ccc1CO. The monoisotopic (exact) mass is 383 g/mol. The first kappa shape index (κ1) is 17.6. The normalized spacial score (nSPS) is 12.7. The number of halogens is 1. The van der Waals surface area contributed by atoms with Crippen molar-refractivity contribution < 1.29 is 19.3 Å². The van der Waals surface area contributed by atoms with E-state index in [1.54, 1.807) is 6.07 Å². The summed E-state index contributed by atoms with van der Waals surface area (Å²) >= 11 is 6.73. The molecule has 3 aromatic rings. The fraction of sp³-hybridized carbons (Fsp3) is 0.190. The van der Waals surface area contributed by atoms with Crippen LogP contribution in [0.1, 0.15) is 5.56 Å². The van der Waals surface area contributed by atoms with Gasteiger partial charge in [0.2, 0.25) is 5.88 Å². The van der Waals surface area contributed by atoms with Crippen LogP contribution in [0.5, 0.6) is 17.4 Å². The highest BCUT2D eigenvalue weighted by atomic mass is 35.5. The maximum absolute atomic E-state index is 9.39. The van der Waals surface area contributed by atoms with Crippen LogP contribution in [-0.4, -0.2) is 30.4 Å². The summed E-state index contributed by atoms with van der Waals surface area (Å²) in [5.41, 5.74) is 3.89. The van der Waals surface area contributed by atoms with Gasteiger partial charge in [0.1, 0.15) is 13.2 Å². The molecule has 2 aromatic carbocycles. The Morgan fingerprint density at radius 3 is 2.59 bits per heavy atom. The van der Waals surface area contributed by atoms with E-state index in [9.17, 15) is 5.11 Å². The molecule has 27 heavy (non-hydrogen) atoms. The molecular formula is C21H18ClNO4. The Kier molecular flexibility index (Phi) is 4.88. The molecule has 1 aromatic heterocycles. The predicted molar refractivity (Wildman–Crippen MR) is 104 cm³/mol. The maximum Gasteiger partial charge on any atom is 0.219 e. The molecular weight excluding hydrogens is 366 g/mol. The van der Waals surface area contributed by atoms with E-state index in [1.165, 1.54) is 7.11 Å². The summed E-state index contributed by atoms with van der Waals surface area (Å²) in [4.78, 5) is 4.49. The summed E-state index contributed by atoms with van der Waals surface area (Å²) in [6.07, 6.45) is 0. The van der Waals surface area contributed by atoms with Gasteiger partial charge in [0, 0.05) is 16.7 Å². The maximum atomic E-state index is 9.39. The molecule has 0 radical (unpaired) electrons. The standard InChI is InChI=1S/C21H18ClNO4/c1-25-21-14(12-24)5-7-17(23-21)16-4-2-3-15(20(16)22)13-6-8-18-19(11-13)27-10-9-26-18/h2-8,11,24H,9-10,12H2,1H3. The van der Waals surface area contributed by atoms with E-state index in [0.29, 0.717) is 41.1 Å². The molecule has 0 saturated carbocycles. The molecule has 4 rings (SSSR count). The van der Waals surface area contributed by atoms with E-state index >= 15 is 0 Å². The lowest BCUT2D eigenvalue weighted by molar-refractivity contribution is 0.171. The lowest BCUT2D eigenvalue weighted by atomic mass is 10.0.